The first-order valence-corrected chi connectivity index (χ1v) is 11.7. The number of benzene rings is 2. The highest BCUT2D eigenvalue weighted by atomic mass is 19.1. The van der Waals surface area contributed by atoms with Crippen molar-refractivity contribution in [1.82, 2.24) is 15.5 Å². The van der Waals surface area contributed by atoms with Gasteiger partial charge in [0.2, 0.25) is 5.91 Å². The predicted octanol–water partition coefficient (Wildman–Crippen LogP) is 3.63. The van der Waals surface area contributed by atoms with Crippen LogP contribution in [0.3, 0.4) is 0 Å². The Morgan fingerprint density at radius 2 is 1.76 bits per heavy atom. The van der Waals surface area contributed by atoms with E-state index in [0.29, 0.717) is 18.1 Å². The van der Waals surface area contributed by atoms with Gasteiger partial charge in [-0.3, -0.25) is 9.59 Å². The van der Waals surface area contributed by atoms with E-state index in [1.165, 1.54) is 18.2 Å². The van der Waals surface area contributed by atoms with Crippen molar-refractivity contribution in [3.63, 3.8) is 0 Å². The minimum absolute atomic E-state index is 0.0951. The van der Waals surface area contributed by atoms with Gasteiger partial charge >= 0.3 is 0 Å². The molecule has 2 aromatic rings. The molecule has 0 radical (unpaired) electrons. The molecular formula is C26H36FN3O4. The van der Waals surface area contributed by atoms with E-state index >= 15 is 0 Å². The van der Waals surface area contributed by atoms with Crippen molar-refractivity contribution >= 4 is 11.8 Å². The van der Waals surface area contributed by atoms with Gasteiger partial charge in [-0.25, -0.2) is 4.39 Å². The second kappa shape index (κ2) is 13.5. The zero-order valence-electron chi connectivity index (χ0n) is 20.7. The number of nitrogens with zero attached hydrogens (tertiary/aromatic N) is 1. The number of nitrogens with one attached hydrogen (secondary N) is 2. The molecular weight excluding hydrogens is 437 g/mol. The minimum Gasteiger partial charge on any atom is -0.493 e. The van der Waals surface area contributed by atoms with Crippen molar-refractivity contribution in [3.8, 4) is 11.5 Å². The Labute approximate surface area is 201 Å². The average Bonchev–Trinajstić information content (AvgIpc) is 2.84. The Hall–Kier alpha value is -3.13. The first kappa shape index (κ1) is 27.1. The molecule has 34 heavy (non-hydrogen) atoms. The Bertz CT molecular complexity index is 947. The van der Waals surface area contributed by atoms with Crippen LogP contribution < -0.4 is 20.1 Å². The molecule has 8 heteroatoms. The maximum absolute atomic E-state index is 13.9. The molecule has 186 valence electrons. The molecule has 0 saturated heterocycles. The fourth-order valence-corrected chi connectivity index (χ4v) is 3.46. The van der Waals surface area contributed by atoms with E-state index in [-0.39, 0.29) is 23.9 Å². The summed E-state index contributed by atoms with van der Waals surface area (Å²) in [7, 11) is 1.57. The van der Waals surface area contributed by atoms with E-state index in [4.69, 9.17) is 9.47 Å². The van der Waals surface area contributed by atoms with Gasteiger partial charge < -0.3 is 25.0 Å². The van der Waals surface area contributed by atoms with Crippen molar-refractivity contribution in [2.75, 3.05) is 33.4 Å². The lowest BCUT2D eigenvalue weighted by molar-refractivity contribution is -0.124. The van der Waals surface area contributed by atoms with E-state index in [1.807, 2.05) is 32.0 Å². The Kier molecular flexibility index (Phi) is 10.8. The summed E-state index contributed by atoms with van der Waals surface area (Å²) in [6.45, 7) is 11.4. The molecule has 0 aliphatic carbocycles. The number of ether oxygens (including phenoxy) is 2. The highest BCUT2D eigenvalue weighted by Crippen LogP contribution is 2.28. The summed E-state index contributed by atoms with van der Waals surface area (Å²) >= 11 is 0. The van der Waals surface area contributed by atoms with Crippen molar-refractivity contribution in [3.05, 3.63) is 59.4 Å². The molecule has 0 spiro atoms. The number of amides is 2. The lowest BCUT2D eigenvalue weighted by atomic mass is 10.0. The zero-order valence-corrected chi connectivity index (χ0v) is 20.7. The standard InChI is InChI=1S/C26H36FN3O4/c1-6-30(7-2)14-15-34-22-13-12-19(16-23(22)33-5)17-28-26(32)24(18(3)4)29-25(31)20-10-8-9-11-21(20)27/h8-13,16,18,24H,6-7,14-15,17H2,1-5H3,(H,28,32)(H,29,31). The van der Waals surface area contributed by atoms with Crippen LogP contribution in [0.2, 0.25) is 0 Å². The predicted molar refractivity (Wildman–Crippen MR) is 131 cm³/mol. The van der Waals surface area contributed by atoms with Gasteiger partial charge in [-0.2, -0.15) is 0 Å². The van der Waals surface area contributed by atoms with Gasteiger partial charge in [0.15, 0.2) is 11.5 Å². The molecule has 2 amide bonds. The van der Waals surface area contributed by atoms with Crippen LogP contribution in [0, 0.1) is 11.7 Å². The first-order chi connectivity index (χ1) is 16.3. The fourth-order valence-electron chi connectivity index (χ4n) is 3.46. The number of hydrogen-bond acceptors (Lipinski definition) is 5. The van der Waals surface area contributed by atoms with Gasteiger partial charge in [0.05, 0.1) is 12.7 Å². The molecule has 7 nitrogen and oxygen atoms in total. The lowest BCUT2D eigenvalue weighted by Crippen LogP contribution is -2.49. The normalized spacial score (nSPS) is 11.9. The summed E-state index contributed by atoms with van der Waals surface area (Å²) in [6.07, 6.45) is 0. The quantitative estimate of drug-likeness (QED) is 0.465. The van der Waals surface area contributed by atoms with Crippen molar-refractivity contribution < 1.29 is 23.5 Å². The monoisotopic (exact) mass is 473 g/mol. The van der Waals surface area contributed by atoms with Crippen LogP contribution in [0.25, 0.3) is 0 Å². The second-order valence-corrected chi connectivity index (χ2v) is 8.25. The van der Waals surface area contributed by atoms with E-state index in [2.05, 4.69) is 29.4 Å². The molecule has 2 rings (SSSR count). The number of methoxy groups -OCH3 is 1. The van der Waals surface area contributed by atoms with Gasteiger partial charge in [-0.1, -0.05) is 45.9 Å². The van der Waals surface area contributed by atoms with Gasteiger partial charge in [0, 0.05) is 13.1 Å². The number of hydrogen-bond donors (Lipinski definition) is 2. The average molecular weight is 474 g/mol. The molecule has 0 aromatic heterocycles. The van der Waals surface area contributed by atoms with Crippen LogP contribution in [-0.4, -0.2) is 56.1 Å². The van der Waals surface area contributed by atoms with E-state index in [1.54, 1.807) is 13.2 Å². The van der Waals surface area contributed by atoms with Crippen LogP contribution in [0.15, 0.2) is 42.5 Å². The molecule has 0 aliphatic heterocycles. The number of rotatable bonds is 13. The number of halogens is 1. The van der Waals surface area contributed by atoms with E-state index in [9.17, 15) is 14.0 Å². The third-order valence-corrected chi connectivity index (χ3v) is 5.61. The fraction of sp³-hybridized carbons (Fsp3) is 0.462. The molecule has 0 saturated carbocycles. The number of carbonyl (C=O) groups is 2. The van der Waals surface area contributed by atoms with Crippen LogP contribution in [0.5, 0.6) is 11.5 Å². The third kappa shape index (κ3) is 7.73. The molecule has 1 unspecified atom stereocenters. The molecule has 0 fully saturated rings. The van der Waals surface area contributed by atoms with Crippen LogP contribution in [0.1, 0.15) is 43.6 Å². The number of likely N-dealkylation sites (N-methyl/N-ethyl adjacent to an activating group) is 1. The molecule has 2 aromatic carbocycles. The molecule has 0 heterocycles. The van der Waals surface area contributed by atoms with Gasteiger partial charge in [0.25, 0.3) is 5.91 Å². The largest absolute Gasteiger partial charge is 0.493 e. The Balaban J connectivity index is 1.98. The smallest absolute Gasteiger partial charge is 0.254 e. The zero-order chi connectivity index (χ0) is 25.1. The maximum atomic E-state index is 13.9. The highest BCUT2D eigenvalue weighted by Gasteiger charge is 2.25. The third-order valence-electron chi connectivity index (χ3n) is 5.61. The Morgan fingerprint density at radius 1 is 1.06 bits per heavy atom. The first-order valence-electron chi connectivity index (χ1n) is 11.7. The summed E-state index contributed by atoms with van der Waals surface area (Å²) in [6, 6.07) is 10.4. The lowest BCUT2D eigenvalue weighted by Gasteiger charge is -2.22. The maximum Gasteiger partial charge on any atom is 0.254 e. The molecule has 0 aliphatic rings. The minimum atomic E-state index is -0.809. The molecule has 1 atom stereocenters. The van der Waals surface area contributed by atoms with E-state index in [0.717, 1.165) is 25.2 Å². The summed E-state index contributed by atoms with van der Waals surface area (Å²) < 4.78 is 25.3. The Morgan fingerprint density at radius 3 is 2.38 bits per heavy atom. The summed E-state index contributed by atoms with van der Waals surface area (Å²) in [5, 5.41) is 5.49. The SMILES string of the molecule is CCN(CC)CCOc1ccc(CNC(=O)C(NC(=O)c2ccccc2F)C(C)C)cc1OC. The second-order valence-electron chi connectivity index (χ2n) is 8.25. The van der Waals surface area contributed by atoms with Crippen molar-refractivity contribution in [2.45, 2.75) is 40.3 Å². The van der Waals surface area contributed by atoms with Gasteiger partial charge in [-0.15, -0.1) is 0 Å². The van der Waals surface area contributed by atoms with Crippen molar-refractivity contribution in [1.29, 1.82) is 0 Å². The van der Waals surface area contributed by atoms with Crippen molar-refractivity contribution in [2.24, 2.45) is 5.92 Å². The van der Waals surface area contributed by atoms with Gasteiger partial charge in [0.1, 0.15) is 18.5 Å². The summed E-state index contributed by atoms with van der Waals surface area (Å²) in [5.74, 6) is -0.569. The van der Waals surface area contributed by atoms with Gasteiger partial charge in [-0.05, 0) is 48.8 Å². The highest BCUT2D eigenvalue weighted by molar-refractivity contribution is 5.97. The van der Waals surface area contributed by atoms with Crippen LogP contribution in [0.4, 0.5) is 4.39 Å². The summed E-state index contributed by atoms with van der Waals surface area (Å²) in [4.78, 5) is 27.6. The van der Waals surface area contributed by atoms with E-state index < -0.39 is 17.8 Å². The molecule has 0 bridgehead atoms. The van der Waals surface area contributed by atoms with Crippen LogP contribution >= 0.6 is 0 Å². The summed E-state index contributed by atoms with van der Waals surface area (Å²) in [5.41, 5.74) is 0.728. The number of carbonyl (C=O) groups excluding carboxylic acids is 2. The molecule has 2 N–H and O–H groups in total. The topological polar surface area (TPSA) is 79.9 Å². The van der Waals surface area contributed by atoms with Crippen LogP contribution in [-0.2, 0) is 11.3 Å².